The van der Waals surface area contributed by atoms with Crippen molar-refractivity contribution in [1.29, 1.82) is 0 Å². The average molecular weight is 1100 g/mol. The highest BCUT2D eigenvalue weighted by molar-refractivity contribution is 7.15. The van der Waals surface area contributed by atoms with Gasteiger partial charge in [-0.1, -0.05) is 53.4 Å². The number of aliphatic imine (C=N–C) groups is 1. The molecule has 0 bridgehead atoms. The van der Waals surface area contributed by atoms with Gasteiger partial charge in [0, 0.05) is 71.3 Å². The van der Waals surface area contributed by atoms with Gasteiger partial charge >= 0.3 is 0 Å². The summed E-state index contributed by atoms with van der Waals surface area (Å²) in [5, 5.41) is 26.9. The first kappa shape index (κ1) is 53.1. The number of nitrogens with one attached hydrogen (secondary N) is 3. The summed E-state index contributed by atoms with van der Waals surface area (Å²) < 4.78 is 39.2. The Morgan fingerprint density at radius 2 is 1.75 bits per heavy atom. The average Bonchev–Trinajstić information content (AvgIpc) is 3.62. The normalized spacial score (nSPS) is 21.4. The topological polar surface area (TPSA) is 211 Å². The van der Waals surface area contributed by atoms with Gasteiger partial charge in [-0.05, 0) is 101 Å². The van der Waals surface area contributed by atoms with Crippen LogP contribution in [0.15, 0.2) is 41.4 Å². The number of alkyl halides is 2. The number of fused-ring (bicyclic) bond motifs is 4. The van der Waals surface area contributed by atoms with Crippen molar-refractivity contribution in [2.24, 2.45) is 21.7 Å². The number of rotatable bonds is 16. The molecule has 76 heavy (non-hydrogen) atoms. The maximum atomic E-state index is 14.9. The Morgan fingerprint density at radius 1 is 0.974 bits per heavy atom. The van der Waals surface area contributed by atoms with Crippen LogP contribution in [0, 0.1) is 37.5 Å². The maximum Gasteiger partial charge on any atom is 0.282 e. The highest BCUT2D eigenvalue weighted by Crippen LogP contribution is 2.54. The number of aromatic nitrogens is 6. The van der Waals surface area contributed by atoms with Crippen LogP contribution in [0.2, 0.25) is 10.0 Å². The molecule has 0 unspecified atom stereocenters. The fraction of sp³-hybridized carbons (Fsp3) is 0.509. The number of carbonyl (C=O) groups excluding carboxylic acids is 5. The fourth-order valence-corrected chi connectivity index (χ4v) is 13.2. The molecule has 1 saturated heterocycles. The largest absolute Gasteiger partial charge is 0.487 e. The molecule has 0 radical (unpaired) electrons. The number of halogens is 4. The quantitative estimate of drug-likeness (QED) is 0.0900. The molecule has 23 heteroatoms. The summed E-state index contributed by atoms with van der Waals surface area (Å²) in [7, 11) is 1.58. The van der Waals surface area contributed by atoms with E-state index < -0.39 is 60.5 Å². The molecule has 2 saturated carbocycles. The molecule has 3 aromatic heterocycles. The monoisotopic (exact) mass is 1100 g/mol. The van der Waals surface area contributed by atoms with E-state index >= 15 is 0 Å². The lowest BCUT2D eigenvalue weighted by molar-refractivity contribution is -0.153. The second kappa shape index (κ2) is 21.2. The molecule has 5 amide bonds. The molecule has 1 spiro atoms. The van der Waals surface area contributed by atoms with Crippen molar-refractivity contribution >= 4 is 69.8 Å². The highest BCUT2D eigenvalue weighted by Gasteiger charge is 2.54. The number of hydrogen-bond donors (Lipinski definition) is 3. The van der Waals surface area contributed by atoms with Crippen LogP contribution in [0.5, 0.6) is 5.75 Å². The van der Waals surface area contributed by atoms with E-state index in [-0.39, 0.29) is 54.9 Å². The molecule has 10 rings (SSSR count). The zero-order valence-corrected chi connectivity index (χ0v) is 45.3. The molecule has 402 valence electrons. The molecule has 3 fully saturated rings. The minimum Gasteiger partial charge on any atom is -0.487 e. The predicted octanol–water partition coefficient (Wildman–Crippen LogP) is 7.26. The van der Waals surface area contributed by atoms with Crippen LogP contribution in [-0.4, -0.2) is 115 Å². The van der Waals surface area contributed by atoms with Gasteiger partial charge < -0.3 is 30.5 Å². The molecule has 6 heterocycles. The van der Waals surface area contributed by atoms with Gasteiger partial charge in [-0.2, -0.15) is 0 Å². The maximum absolute atomic E-state index is 14.9. The standard InChI is InChI=1S/C53H60Cl2F2N12O6S/c1-28-29(2)76-50-43(28)45(31-9-11-32(54)12-10-31)61-36(48-64-62-30(3)69(48)50)22-40(70)60-24-41(71)59-19-21-68-46(47(56)57)37(63-65-68)26-75-39-14-13-35(55)33-15-20-67(49(73)34-8-6-7-16-52(34,4)51(74)58-5)38(44(33)39)25-66-27-53(17-18-53)23-42(66)72/h9-14,34,36,38,47H,6-8,15-27H2,1-5H3,(H,58,74)(H,59,71)(H,60,70)/t34-,36-,38+,52-/m0/s1. The summed E-state index contributed by atoms with van der Waals surface area (Å²) in [6, 6.07) is 9.18. The lowest BCUT2D eigenvalue weighted by Crippen LogP contribution is -2.54. The fourth-order valence-electron chi connectivity index (χ4n) is 11.6. The third-order valence-corrected chi connectivity index (χ3v) is 17.9. The molecular formula is C53H60Cl2F2N12O6S. The molecule has 3 N–H and O–H groups in total. The number of ether oxygens (including phenoxy) is 1. The van der Waals surface area contributed by atoms with Crippen LogP contribution in [-0.2, 0) is 43.5 Å². The number of likely N-dealkylation sites (tertiary alicyclic amines) is 1. The molecule has 5 aromatic rings. The lowest BCUT2D eigenvalue weighted by atomic mass is 9.66. The summed E-state index contributed by atoms with van der Waals surface area (Å²) in [4.78, 5) is 78.3. The molecular weight excluding hydrogens is 1040 g/mol. The van der Waals surface area contributed by atoms with Crippen molar-refractivity contribution in [2.75, 3.05) is 39.8 Å². The Bertz CT molecular complexity index is 3160. The van der Waals surface area contributed by atoms with E-state index in [0.717, 1.165) is 62.5 Å². The van der Waals surface area contributed by atoms with E-state index in [4.69, 9.17) is 32.9 Å². The number of aryl methyl sites for hydroxylation is 2. The van der Waals surface area contributed by atoms with Gasteiger partial charge in [0.2, 0.25) is 29.5 Å². The van der Waals surface area contributed by atoms with E-state index in [2.05, 4.69) is 36.5 Å². The Morgan fingerprint density at radius 3 is 2.47 bits per heavy atom. The second-order valence-electron chi connectivity index (χ2n) is 21.0. The Kier molecular flexibility index (Phi) is 14.8. The molecule has 5 aliphatic rings. The Hall–Kier alpha value is -6.32. The van der Waals surface area contributed by atoms with Gasteiger partial charge in [0.25, 0.3) is 6.43 Å². The summed E-state index contributed by atoms with van der Waals surface area (Å²) in [6.45, 7) is 7.67. The number of carbonyl (C=O) groups is 5. The van der Waals surface area contributed by atoms with Crippen LogP contribution >= 0.6 is 34.5 Å². The van der Waals surface area contributed by atoms with Crippen molar-refractivity contribution in [3.63, 3.8) is 0 Å². The summed E-state index contributed by atoms with van der Waals surface area (Å²) in [5.74, 6) is -0.605. The van der Waals surface area contributed by atoms with Gasteiger partial charge in [0.15, 0.2) is 5.82 Å². The van der Waals surface area contributed by atoms with Crippen molar-refractivity contribution < 1.29 is 37.5 Å². The van der Waals surface area contributed by atoms with E-state index in [9.17, 15) is 32.8 Å². The Labute approximate surface area is 452 Å². The van der Waals surface area contributed by atoms with E-state index in [1.807, 2.05) is 49.3 Å². The minimum absolute atomic E-state index is 0.00324. The lowest BCUT2D eigenvalue weighted by Gasteiger charge is -2.46. The van der Waals surface area contributed by atoms with Gasteiger partial charge in [0.1, 0.15) is 40.6 Å². The van der Waals surface area contributed by atoms with Crippen molar-refractivity contribution in [3.8, 4) is 10.8 Å². The van der Waals surface area contributed by atoms with Crippen molar-refractivity contribution in [2.45, 2.75) is 117 Å². The summed E-state index contributed by atoms with van der Waals surface area (Å²) in [6.07, 6.45) is 2.23. The van der Waals surface area contributed by atoms with Gasteiger partial charge in [-0.25, -0.2) is 13.5 Å². The Balaban J connectivity index is 0.811. The van der Waals surface area contributed by atoms with E-state index in [0.29, 0.717) is 77.5 Å². The van der Waals surface area contributed by atoms with Crippen LogP contribution in [0.25, 0.3) is 5.00 Å². The van der Waals surface area contributed by atoms with E-state index in [1.165, 1.54) is 0 Å². The second-order valence-corrected chi connectivity index (χ2v) is 23.0. The van der Waals surface area contributed by atoms with Crippen LogP contribution in [0.4, 0.5) is 8.78 Å². The third-order valence-electron chi connectivity index (χ3n) is 16.1. The van der Waals surface area contributed by atoms with Crippen LogP contribution in [0.1, 0.15) is 133 Å². The molecule has 2 aliphatic carbocycles. The number of thiophene rings is 1. The summed E-state index contributed by atoms with van der Waals surface area (Å²) >= 11 is 14.7. The number of nitrogens with zero attached hydrogens (tertiary/aromatic N) is 9. The van der Waals surface area contributed by atoms with Gasteiger partial charge in [0.05, 0.1) is 42.6 Å². The first-order valence-corrected chi connectivity index (χ1v) is 27.3. The third kappa shape index (κ3) is 10.1. The first-order chi connectivity index (χ1) is 36.4. The molecule has 2 aromatic carbocycles. The van der Waals surface area contributed by atoms with Crippen LogP contribution < -0.4 is 20.7 Å². The van der Waals surface area contributed by atoms with Gasteiger partial charge in [-0.3, -0.25) is 33.5 Å². The highest BCUT2D eigenvalue weighted by atomic mass is 35.5. The number of amides is 5. The minimum atomic E-state index is -3.02. The smallest absolute Gasteiger partial charge is 0.282 e. The molecule has 4 atom stereocenters. The molecule has 18 nitrogen and oxygen atoms in total. The zero-order valence-electron chi connectivity index (χ0n) is 43.0. The van der Waals surface area contributed by atoms with Crippen molar-refractivity contribution in [1.82, 2.24) is 55.5 Å². The van der Waals surface area contributed by atoms with Crippen LogP contribution in [0.3, 0.4) is 0 Å². The van der Waals surface area contributed by atoms with Gasteiger partial charge in [-0.15, -0.1) is 26.6 Å². The molecule has 3 aliphatic heterocycles. The van der Waals surface area contributed by atoms with E-state index in [1.54, 1.807) is 47.5 Å². The zero-order chi connectivity index (χ0) is 53.8. The summed E-state index contributed by atoms with van der Waals surface area (Å²) in [5.41, 5.74) is 3.12. The predicted molar refractivity (Wildman–Crippen MR) is 280 cm³/mol. The number of hydrogen-bond acceptors (Lipinski definition) is 12. The number of benzene rings is 2. The first-order valence-electron chi connectivity index (χ1n) is 25.7. The SMILES string of the molecule is CNC(=O)[C@@]1(C)CCCC[C@H]1C(=O)N1CCc2c(Cl)ccc(OCc3nnn(CCNC(=O)CNC(=O)C[C@@H]4N=C(c5ccc(Cl)cc5)c5c(sc(C)c5C)-n5c(C)nnc54)c3C(F)F)c2[C@H]1CN1CC2(CC2)CC1=O. The van der Waals surface area contributed by atoms with Crippen molar-refractivity contribution in [3.05, 3.63) is 102 Å².